The van der Waals surface area contributed by atoms with Crippen LogP contribution in [0, 0.1) is 5.82 Å². The molecule has 0 heterocycles. The molecule has 0 radical (unpaired) electrons. The summed E-state index contributed by atoms with van der Waals surface area (Å²) < 4.78 is 40.1. The van der Waals surface area contributed by atoms with E-state index in [0.717, 1.165) is 6.07 Å². The normalized spacial score (nSPS) is 11.5. The third-order valence-corrected chi connectivity index (χ3v) is 4.52. The molecule has 1 rings (SSSR count). The molecule has 106 valence electrons. The van der Waals surface area contributed by atoms with Crippen LogP contribution in [0.15, 0.2) is 27.6 Å². The highest BCUT2D eigenvalue weighted by Gasteiger charge is 2.18. The standard InChI is InChI=1S/C11H14BrFN2O2S2/c12-8-4-5-10(9(13)7-8)19(16,17)15-6-2-1-3-11(14)18/h4-5,7,15H,1-3,6H2,(H2,14,18). The number of halogens is 2. The zero-order chi connectivity index (χ0) is 14.5. The molecule has 0 atom stereocenters. The van der Waals surface area contributed by atoms with Gasteiger partial charge < -0.3 is 5.73 Å². The Balaban J connectivity index is 2.59. The fourth-order valence-electron chi connectivity index (χ4n) is 1.40. The van der Waals surface area contributed by atoms with E-state index in [1.54, 1.807) is 0 Å². The number of rotatable bonds is 7. The largest absolute Gasteiger partial charge is 0.393 e. The first-order valence-electron chi connectivity index (χ1n) is 5.56. The van der Waals surface area contributed by atoms with Crippen molar-refractivity contribution in [1.29, 1.82) is 0 Å². The predicted molar refractivity (Wildman–Crippen MR) is 79.9 cm³/mol. The molecule has 0 aliphatic carbocycles. The van der Waals surface area contributed by atoms with Crippen LogP contribution >= 0.6 is 28.1 Å². The van der Waals surface area contributed by atoms with E-state index in [-0.39, 0.29) is 11.4 Å². The van der Waals surface area contributed by atoms with Gasteiger partial charge in [-0.2, -0.15) is 0 Å². The van der Waals surface area contributed by atoms with Crippen LogP contribution < -0.4 is 10.5 Å². The minimum absolute atomic E-state index is 0.223. The molecule has 0 aromatic heterocycles. The summed E-state index contributed by atoms with van der Waals surface area (Å²) in [6.45, 7) is 0.223. The van der Waals surface area contributed by atoms with Crippen molar-refractivity contribution in [2.75, 3.05) is 6.54 Å². The highest BCUT2D eigenvalue weighted by atomic mass is 79.9. The molecule has 3 N–H and O–H groups in total. The number of hydrogen-bond acceptors (Lipinski definition) is 3. The van der Waals surface area contributed by atoms with E-state index < -0.39 is 15.8 Å². The fraction of sp³-hybridized carbons (Fsp3) is 0.364. The lowest BCUT2D eigenvalue weighted by Crippen LogP contribution is -2.25. The highest BCUT2D eigenvalue weighted by Crippen LogP contribution is 2.19. The van der Waals surface area contributed by atoms with Gasteiger partial charge in [-0.15, -0.1) is 0 Å². The predicted octanol–water partition coefficient (Wildman–Crippen LogP) is 2.32. The molecule has 0 aliphatic rings. The van der Waals surface area contributed by atoms with Crippen LogP contribution in [-0.4, -0.2) is 20.0 Å². The van der Waals surface area contributed by atoms with E-state index in [1.807, 2.05) is 0 Å². The summed E-state index contributed by atoms with van der Waals surface area (Å²) in [4.78, 5) is 0.0480. The van der Waals surface area contributed by atoms with E-state index in [4.69, 9.17) is 18.0 Å². The summed E-state index contributed by atoms with van der Waals surface area (Å²) in [6, 6.07) is 3.81. The van der Waals surface area contributed by atoms with Gasteiger partial charge in [-0.05, 0) is 37.5 Å². The number of thiocarbonyl (C=S) groups is 1. The number of benzene rings is 1. The maximum atomic E-state index is 13.5. The number of sulfonamides is 1. The summed E-state index contributed by atoms with van der Waals surface area (Å²) in [6.07, 6.45) is 1.86. The monoisotopic (exact) mass is 368 g/mol. The second-order valence-corrected chi connectivity index (χ2v) is 7.07. The molecule has 0 fully saturated rings. The fourth-order valence-corrected chi connectivity index (χ4v) is 3.01. The van der Waals surface area contributed by atoms with Gasteiger partial charge in [0.25, 0.3) is 0 Å². The zero-order valence-electron chi connectivity index (χ0n) is 10.0. The molecule has 0 saturated heterocycles. The van der Waals surface area contributed by atoms with Crippen LogP contribution in [0.5, 0.6) is 0 Å². The van der Waals surface area contributed by atoms with Gasteiger partial charge in [-0.3, -0.25) is 0 Å². The molecule has 4 nitrogen and oxygen atoms in total. The molecule has 1 aromatic carbocycles. The molecule has 0 bridgehead atoms. The van der Waals surface area contributed by atoms with Crippen LogP contribution in [0.3, 0.4) is 0 Å². The molecule has 19 heavy (non-hydrogen) atoms. The molecular formula is C11H14BrFN2O2S2. The van der Waals surface area contributed by atoms with Crippen molar-refractivity contribution < 1.29 is 12.8 Å². The lowest BCUT2D eigenvalue weighted by molar-refractivity contribution is 0.554. The lowest BCUT2D eigenvalue weighted by Gasteiger charge is -2.07. The number of nitrogens with one attached hydrogen (secondary N) is 1. The first kappa shape index (κ1) is 16.5. The summed E-state index contributed by atoms with van der Waals surface area (Å²) >= 11 is 7.78. The average Bonchev–Trinajstić information content (AvgIpc) is 2.27. The summed E-state index contributed by atoms with van der Waals surface area (Å²) in [5.41, 5.74) is 5.32. The highest BCUT2D eigenvalue weighted by molar-refractivity contribution is 9.10. The van der Waals surface area contributed by atoms with Crippen molar-refractivity contribution >= 4 is 43.2 Å². The van der Waals surface area contributed by atoms with Crippen LogP contribution in [0.25, 0.3) is 0 Å². The summed E-state index contributed by atoms with van der Waals surface area (Å²) in [5.74, 6) is -0.787. The van der Waals surface area contributed by atoms with Gasteiger partial charge in [0.05, 0.1) is 4.99 Å². The molecule has 1 aromatic rings. The van der Waals surface area contributed by atoms with E-state index >= 15 is 0 Å². The minimum Gasteiger partial charge on any atom is -0.393 e. The Bertz CT molecular complexity index is 564. The topological polar surface area (TPSA) is 72.2 Å². The van der Waals surface area contributed by atoms with E-state index in [0.29, 0.717) is 28.7 Å². The van der Waals surface area contributed by atoms with Crippen LogP contribution in [0.2, 0.25) is 0 Å². The Morgan fingerprint density at radius 2 is 2.11 bits per heavy atom. The second-order valence-electron chi connectivity index (χ2n) is 3.90. The van der Waals surface area contributed by atoms with Crippen molar-refractivity contribution in [3.05, 3.63) is 28.5 Å². The Morgan fingerprint density at radius 1 is 1.42 bits per heavy atom. The Morgan fingerprint density at radius 3 is 2.68 bits per heavy atom. The Hall–Kier alpha value is -0.570. The van der Waals surface area contributed by atoms with Crippen LogP contribution in [0.4, 0.5) is 4.39 Å². The van der Waals surface area contributed by atoms with Gasteiger partial charge >= 0.3 is 0 Å². The summed E-state index contributed by atoms with van der Waals surface area (Å²) in [7, 11) is -3.82. The molecule has 0 unspecified atom stereocenters. The molecular weight excluding hydrogens is 355 g/mol. The van der Waals surface area contributed by atoms with Crippen molar-refractivity contribution in [1.82, 2.24) is 4.72 Å². The van der Waals surface area contributed by atoms with Gasteiger partial charge in [0.15, 0.2) is 0 Å². The van der Waals surface area contributed by atoms with Crippen molar-refractivity contribution in [2.24, 2.45) is 5.73 Å². The third-order valence-electron chi connectivity index (χ3n) is 2.33. The molecule has 8 heteroatoms. The Labute approximate surface area is 125 Å². The molecule has 0 saturated carbocycles. The number of nitrogens with two attached hydrogens (primary N) is 1. The number of hydrogen-bond donors (Lipinski definition) is 2. The van der Waals surface area contributed by atoms with E-state index in [2.05, 4.69) is 20.7 Å². The average molecular weight is 369 g/mol. The Kier molecular flexibility index (Phi) is 6.31. The van der Waals surface area contributed by atoms with E-state index in [1.165, 1.54) is 12.1 Å². The van der Waals surface area contributed by atoms with Gasteiger partial charge in [-0.1, -0.05) is 28.1 Å². The van der Waals surface area contributed by atoms with Gasteiger partial charge in [0, 0.05) is 11.0 Å². The van der Waals surface area contributed by atoms with E-state index in [9.17, 15) is 12.8 Å². The van der Waals surface area contributed by atoms with Gasteiger partial charge in [0.2, 0.25) is 10.0 Å². The first-order chi connectivity index (χ1) is 8.83. The van der Waals surface area contributed by atoms with Gasteiger partial charge in [-0.25, -0.2) is 17.5 Å². The molecule has 0 spiro atoms. The van der Waals surface area contributed by atoms with Gasteiger partial charge in [0.1, 0.15) is 10.7 Å². The third kappa shape index (κ3) is 5.52. The summed E-state index contributed by atoms with van der Waals surface area (Å²) in [5, 5.41) is 0. The van der Waals surface area contributed by atoms with Crippen molar-refractivity contribution in [2.45, 2.75) is 24.2 Å². The van der Waals surface area contributed by atoms with Crippen LogP contribution in [-0.2, 0) is 10.0 Å². The van der Waals surface area contributed by atoms with Crippen molar-refractivity contribution in [3.63, 3.8) is 0 Å². The molecule has 0 aliphatic heterocycles. The maximum absolute atomic E-state index is 13.5. The smallest absolute Gasteiger partial charge is 0.243 e. The van der Waals surface area contributed by atoms with Crippen LogP contribution in [0.1, 0.15) is 19.3 Å². The SMILES string of the molecule is NC(=S)CCCCNS(=O)(=O)c1ccc(Br)cc1F. The molecule has 0 amide bonds. The quantitative estimate of drug-likeness (QED) is 0.572. The maximum Gasteiger partial charge on any atom is 0.243 e. The van der Waals surface area contributed by atoms with Crippen molar-refractivity contribution in [3.8, 4) is 0 Å². The zero-order valence-corrected chi connectivity index (χ0v) is 13.2. The number of unbranched alkanes of at least 4 members (excludes halogenated alkanes) is 1. The second kappa shape index (κ2) is 7.28. The first-order valence-corrected chi connectivity index (χ1v) is 8.24. The lowest BCUT2D eigenvalue weighted by atomic mass is 10.2. The minimum atomic E-state index is -3.82.